The highest BCUT2D eigenvalue weighted by Crippen LogP contribution is 2.65. The molecule has 0 aromatic carbocycles. The fourth-order valence-electron chi connectivity index (χ4n) is 11.5. The maximum absolute atomic E-state index is 13.7. The van der Waals surface area contributed by atoms with E-state index in [0.29, 0.717) is 11.4 Å². The van der Waals surface area contributed by atoms with Crippen molar-refractivity contribution in [3.8, 4) is 0 Å². The molecule has 2 heterocycles. The summed E-state index contributed by atoms with van der Waals surface area (Å²) < 4.78 is 0. The van der Waals surface area contributed by atoms with Gasteiger partial charge in [-0.3, -0.25) is 9.69 Å². The van der Waals surface area contributed by atoms with Crippen molar-refractivity contribution in [3.05, 3.63) is 6.33 Å². The van der Waals surface area contributed by atoms with Crippen molar-refractivity contribution in [1.29, 1.82) is 0 Å². The van der Waals surface area contributed by atoms with Crippen molar-refractivity contribution in [2.24, 2.45) is 35.0 Å². The lowest BCUT2D eigenvalue weighted by atomic mass is 9.46. The molecule has 1 aliphatic heterocycles. The Labute approximate surface area is 203 Å². The molecule has 1 aromatic heterocycles. The van der Waals surface area contributed by atoms with Gasteiger partial charge in [0.25, 0.3) is 0 Å². The first-order valence-electron chi connectivity index (χ1n) is 14.3. The first-order valence-corrected chi connectivity index (χ1v) is 14.3. The maximum Gasteiger partial charge on any atom is 0.223 e. The second-order valence-electron chi connectivity index (χ2n) is 14.1. The van der Waals surface area contributed by atoms with Crippen LogP contribution in [0.5, 0.6) is 0 Å². The van der Waals surface area contributed by atoms with Crippen molar-refractivity contribution in [2.75, 3.05) is 26.2 Å². The molecule has 9 fully saturated rings. The zero-order valence-electron chi connectivity index (χ0n) is 20.6. The first kappa shape index (κ1) is 20.7. The molecule has 8 bridgehead atoms. The standard InChI is InChI=1S/C27H40N6O/c34-24(16-25-9-22-8-23(10-25)15-27(14-22,17-25)33-29-18-28-30-33)31-1-3-32(4-2-31)26-11-19-5-20(12-26)7-21(6-19)13-26/h18-23H,1-17H2. The number of tetrazole rings is 1. The van der Waals surface area contributed by atoms with Gasteiger partial charge in [0.1, 0.15) is 0 Å². The zero-order valence-corrected chi connectivity index (χ0v) is 20.6. The van der Waals surface area contributed by atoms with E-state index in [1.165, 1.54) is 70.6 Å². The molecule has 7 nitrogen and oxygen atoms in total. The molecule has 0 radical (unpaired) electrons. The van der Waals surface area contributed by atoms with Crippen molar-refractivity contribution in [1.82, 2.24) is 30.0 Å². The number of aromatic nitrogens is 4. The summed E-state index contributed by atoms with van der Waals surface area (Å²) in [5.74, 6) is 4.87. The first-order chi connectivity index (χ1) is 16.5. The zero-order chi connectivity index (χ0) is 22.5. The van der Waals surface area contributed by atoms with E-state index < -0.39 is 0 Å². The second-order valence-corrected chi connectivity index (χ2v) is 14.1. The van der Waals surface area contributed by atoms with Crippen LogP contribution < -0.4 is 0 Å². The normalized spacial score (nSPS) is 49.2. The van der Waals surface area contributed by atoms with Crippen molar-refractivity contribution in [2.45, 2.75) is 94.5 Å². The monoisotopic (exact) mass is 464 g/mol. The molecule has 1 saturated heterocycles. The van der Waals surface area contributed by atoms with Gasteiger partial charge in [0.15, 0.2) is 6.33 Å². The van der Waals surface area contributed by atoms with E-state index in [2.05, 4.69) is 25.2 Å². The van der Waals surface area contributed by atoms with E-state index in [1.54, 1.807) is 6.33 Å². The average Bonchev–Trinajstić information content (AvgIpc) is 3.33. The molecule has 1 aromatic rings. The summed E-state index contributed by atoms with van der Waals surface area (Å²) in [4.78, 5) is 20.7. The van der Waals surface area contributed by atoms with Crippen LogP contribution >= 0.6 is 0 Å². The van der Waals surface area contributed by atoms with Crippen LogP contribution in [-0.4, -0.2) is 67.6 Å². The Bertz CT molecular complexity index is 916. The number of rotatable bonds is 4. The predicted octanol–water partition coefficient (Wildman–Crippen LogP) is 3.47. The van der Waals surface area contributed by atoms with Crippen LogP contribution in [0, 0.1) is 35.0 Å². The molecule has 184 valence electrons. The second kappa shape index (κ2) is 7.04. The number of piperazine rings is 1. The van der Waals surface area contributed by atoms with Gasteiger partial charge in [-0.05, 0) is 117 Å². The Morgan fingerprint density at radius 3 is 1.94 bits per heavy atom. The Morgan fingerprint density at radius 1 is 0.765 bits per heavy atom. The van der Waals surface area contributed by atoms with Crippen LogP contribution in [0.15, 0.2) is 6.33 Å². The number of amides is 1. The smallest absolute Gasteiger partial charge is 0.223 e. The van der Waals surface area contributed by atoms with Gasteiger partial charge < -0.3 is 4.90 Å². The van der Waals surface area contributed by atoms with E-state index in [9.17, 15) is 4.79 Å². The minimum absolute atomic E-state index is 0.0120. The van der Waals surface area contributed by atoms with E-state index in [1.807, 2.05) is 4.80 Å². The number of hydrogen-bond donors (Lipinski definition) is 0. The molecular weight excluding hydrogens is 424 g/mol. The number of hydrogen-bond acceptors (Lipinski definition) is 5. The Hall–Kier alpha value is -1.50. The molecule has 10 rings (SSSR count). The molecule has 0 spiro atoms. The highest BCUT2D eigenvalue weighted by atomic mass is 16.2. The average molecular weight is 465 g/mol. The summed E-state index contributed by atoms with van der Waals surface area (Å²) in [6.45, 7) is 4.09. The molecule has 2 unspecified atom stereocenters. The van der Waals surface area contributed by atoms with Crippen molar-refractivity contribution < 1.29 is 4.79 Å². The highest BCUT2D eigenvalue weighted by molar-refractivity contribution is 5.77. The van der Waals surface area contributed by atoms with E-state index in [4.69, 9.17) is 0 Å². The lowest BCUT2D eigenvalue weighted by molar-refractivity contribution is -0.152. The molecule has 9 aliphatic rings. The van der Waals surface area contributed by atoms with Crippen LogP contribution in [0.3, 0.4) is 0 Å². The van der Waals surface area contributed by atoms with Crippen molar-refractivity contribution >= 4 is 5.91 Å². The third-order valence-electron chi connectivity index (χ3n) is 11.8. The predicted molar refractivity (Wildman–Crippen MR) is 127 cm³/mol. The van der Waals surface area contributed by atoms with Gasteiger partial charge in [0.2, 0.25) is 5.91 Å². The third kappa shape index (κ3) is 3.04. The Kier molecular flexibility index (Phi) is 4.28. The summed E-state index contributed by atoms with van der Waals surface area (Å²) in [6, 6.07) is 0. The Morgan fingerprint density at radius 2 is 1.35 bits per heavy atom. The van der Waals surface area contributed by atoms with Gasteiger partial charge in [-0.15, -0.1) is 10.2 Å². The quantitative estimate of drug-likeness (QED) is 0.683. The fraction of sp³-hybridized carbons (Fsp3) is 0.926. The molecule has 0 N–H and O–H groups in total. The van der Waals surface area contributed by atoms with Gasteiger partial charge in [-0.25, -0.2) is 0 Å². The minimum Gasteiger partial charge on any atom is -0.340 e. The van der Waals surface area contributed by atoms with Gasteiger partial charge >= 0.3 is 0 Å². The van der Waals surface area contributed by atoms with E-state index in [-0.39, 0.29) is 11.0 Å². The fourth-order valence-corrected chi connectivity index (χ4v) is 11.5. The molecule has 1 amide bonds. The molecule has 2 atom stereocenters. The van der Waals surface area contributed by atoms with Crippen molar-refractivity contribution in [3.63, 3.8) is 0 Å². The van der Waals surface area contributed by atoms with Crippen LogP contribution in [0.1, 0.15) is 83.5 Å². The summed E-state index contributed by atoms with van der Waals surface area (Å²) >= 11 is 0. The molecule has 8 aliphatic carbocycles. The molecule has 7 heteroatoms. The lowest BCUT2D eigenvalue weighted by Gasteiger charge is -2.62. The highest BCUT2D eigenvalue weighted by Gasteiger charge is 2.60. The molecular formula is C27H40N6O. The minimum atomic E-state index is 0.0120. The maximum atomic E-state index is 13.7. The summed E-state index contributed by atoms with van der Waals surface area (Å²) in [6.07, 6.45) is 18.4. The largest absolute Gasteiger partial charge is 0.340 e. The molecule has 34 heavy (non-hydrogen) atoms. The van der Waals surface area contributed by atoms with E-state index in [0.717, 1.165) is 68.6 Å². The van der Waals surface area contributed by atoms with Crippen LogP contribution in [0.4, 0.5) is 0 Å². The SMILES string of the molecule is O=C(CC12CC3CC(C1)CC(n1ncnn1)(C3)C2)N1CCN(C23CC4CC(CC(C4)C2)C3)CC1. The van der Waals surface area contributed by atoms with Gasteiger partial charge in [0, 0.05) is 38.1 Å². The Balaban J connectivity index is 0.954. The van der Waals surface area contributed by atoms with E-state index >= 15 is 0 Å². The van der Waals surface area contributed by atoms with Gasteiger partial charge in [0.05, 0.1) is 5.54 Å². The van der Waals surface area contributed by atoms with Gasteiger partial charge in [-0.1, -0.05) is 0 Å². The number of carbonyl (C=O) groups is 1. The van der Waals surface area contributed by atoms with Crippen LogP contribution in [-0.2, 0) is 10.3 Å². The summed E-state index contributed by atoms with van der Waals surface area (Å²) in [5, 5.41) is 12.9. The third-order valence-corrected chi connectivity index (χ3v) is 11.8. The van der Waals surface area contributed by atoms with Crippen LogP contribution in [0.2, 0.25) is 0 Å². The lowest BCUT2D eigenvalue weighted by Crippen LogP contribution is -2.64. The topological polar surface area (TPSA) is 67.2 Å². The van der Waals surface area contributed by atoms with Gasteiger partial charge in [-0.2, -0.15) is 4.80 Å². The summed E-state index contributed by atoms with van der Waals surface area (Å²) in [5.41, 5.74) is 0.658. The summed E-state index contributed by atoms with van der Waals surface area (Å²) in [7, 11) is 0. The van der Waals surface area contributed by atoms with Crippen LogP contribution in [0.25, 0.3) is 0 Å². The number of carbonyl (C=O) groups excluding carboxylic acids is 1. The molecule has 8 saturated carbocycles. The number of nitrogens with zero attached hydrogens (tertiary/aromatic N) is 6.